The first-order chi connectivity index (χ1) is 30.3. The lowest BCUT2D eigenvalue weighted by molar-refractivity contribution is 1.08. The topological polar surface area (TPSA) is 51.6 Å². The summed E-state index contributed by atoms with van der Waals surface area (Å²) < 4.78 is 2.40. The lowest BCUT2D eigenvalue weighted by atomic mass is 9.83. The third-order valence-corrected chi connectivity index (χ3v) is 12.4. The fourth-order valence-corrected chi connectivity index (χ4v) is 9.55. The number of thiophene rings is 1. The Morgan fingerprint density at radius 1 is 0.279 bits per heavy atom. The van der Waals surface area contributed by atoms with Crippen LogP contribution in [0.1, 0.15) is 0 Å². The van der Waals surface area contributed by atoms with Crippen molar-refractivity contribution in [3.05, 3.63) is 218 Å². The highest BCUT2D eigenvalue weighted by Gasteiger charge is 2.26. The molecule has 0 atom stereocenters. The van der Waals surface area contributed by atoms with Gasteiger partial charge in [0.05, 0.1) is 11.4 Å². The largest absolute Gasteiger partial charge is 0.246 e. The maximum Gasteiger partial charge on any atom is 0.165 e. The van der Waals surface area contributed by atoms with Gasteiger partial charge in [-0.05, 0) is 34.9 Å². The van der Waals surface area contributed by atoms with Crippen LogP contribution in [-0.2, 0) is 0 Å². The number of rotatable bonds is 8. The van der Waals surface area contributed by atoms with Gasteiger partial charge in [0, 0.05) is 64.7 Å². The van der Waals surface area contributed by atoms with Gasteiger partial charge in [-0.2, -0.15) is 0 Å². The molecule has 4 nitrogen and oxygen atoms in total. The van der Waals surface area contributed by atoms with Crippen molar-refractivity contribution < 1.29 is 0 Å². The van der Waals surface area contributed by atoms with E-state index < -0.39 is 0 Å². The molecular formula is C56H36N4S. The predicted molar refractivity (Wildman–Crippen MR) is 254 cm³/mol. The van der Waals surface area contributed by atoms with Crippen molar-refractivity contribution in [2.45, 2.75) is 0 Å². The molecule has 0 fully saturated rings. The number of nitrogens with zero attached hydrogens (tertiary/aromatic N) is 4. The summed E-state index contributed by atoms with van der Waals surface area (Å²) in [6.45, 7) is 0. The number of pyridine rings is 1. The van der Waals surface area contributed by atoms with Crippen LogP contribution < -0.4 is 0 Å². The zero-order valence-electron chi connectivity index (χ0n) is 33.0. The Balaban J connectivity index is 1.20. The van der Waals surface area contributed by atoms with Crippen LogP contribution in [0.15, 0.2) is 218 Å². The summed E-state index contributed by atoms with van der Waals surface area (Å²) in [5, 5.41) is 2.44. The standard InChI is InChI=1S/C56H36N4S/c1-6-20-37(21-7-1)49-48(50(38-22-8-2-9-23-38)52(40-26-12-4-13-27-40)57-51(49)39-24-10-3-11-25-39)42-30-18-31-43(36-42)55-58-54(41-28-14-5-15-29-41)59-56(60-55)46-34-19-33-45-44-32-16-17-35-47(44)61-53(45)46/h1-36H. The van der Waals surface area contributed by atoms with E-state index in [0.29, 0.717) is 17.5 Å². The van der Waals surface area contributed by atoms with E-state index in [1.807, 2.05) is 18.2 Å². The van der Waals surface area contributed by atoms with E-state index in [1.54, 1.807) is 11.3 Å². The molecule has 11 rings (SSSR count). The molecule has 0 bridgehead atoms. The molecule has 61 heavy (non-hydrogen) atoms. The molecule has 0 unspecified atom stereocenters. The van der Waals surface area contributed by atoms with Crippen LogP contribution in [0.4, 0.5) is 0 Å². The van der Waals surface area contributed by atoms with Crippen LogP contribution >= 0.6 is 11.3 Å². The zero-order valence-corrected chi connectivity index (χ0v) is 33.8. The van der Waals surface area contributed by atoms with E-state index >= 15 is 0 Å². The Morgan fingerprint density at radius 2 is 0.705 bits per heavy atom. The van der Waals surface area contributed by atoms with Crippen molar-refractivity contribution in [2.75, 3.05) is 0 Å². The van der Waals surface area contributed by atoms with Crippen LogP contribution in [0.25, 0.3) is 110 Å². The molecule has 0 radical (unpaired) electrons. The summed E-state index contributed by atoms with van der Waals surface area (Å²) in [6, 6.07) is 76.2. The average Bonchev–Trinajstić information content (AvgIpc) is 3.74. The Labute approximate surface area is 358 Å². The van der Waals surface area contributed by atoms with E-state index in [2.05, 4.69) is 200 Å². The molecule has 3 heterocycles. The van der Waals surface area contributed by atoms with Gasteiger partial charge in [0.15, 0.2) is 17.5 Å². The quantitative estimate of drug-likeness (QED) is 0.154. The number of hydrogen-bond acceptors (Lipinski definition) is 5. The Kier molecular flexibility index (Phi) is 9.34. The second-order valence-corrected chi connectivity index (χ2v) is 16.0. The summed E-state index contributed by atoms with van der Waals surface area (Å²) in [6.07, 6.45) is 0. The third kappa shape index (κ3) is 6.77. The molecular weight excluding hydrogens is 761 g/mol. The van der Waals surface area contributed by atoms with Crippen LogP contribution in [0.3, 0.4) is 0 Å². The molecule has 3 aromatic heterocycles. The van der Waals surface area contributed by atoms with Gasteiger partial charge in [0.25, 0.3) is 0 Å². The van der Waals surface area contributed by atoms with Crippen molar-refractivity contribution in [3.8, 4) is 90.1 Å². The first-order valence-corrected chi connectivity index (χ1v) is 21.2. The van der Waals surface area contributed by atoms with Gasteiger partial charge in [0.2, 0.25) is 0 Å². The molecule has 0 amide bonds. The predicted octanol–water partition coefficient (Wildman–Crippen LogP) is 15.0. The molecule has 0 N–H and O–H groups in total. The highest BCUT2D eigenvalue weighted by molar-refractivity contribution is 7.26. The lowest BCUT2D eigenvalue weighted by Gasteiger charge is -2.23. The van der Waals surface area contributed by atoms with E-state index in [9.17, 15) is 0 Å². The number of fused-ring (bicyclic) bond motifs is 3. The van der Waals surface area contributed by atoms with Gasteiger partial charge in [0.1, 0.15) is 0 Å². The molecule has 0 aliphatic heterocycles. The monoisotopic (exact) mass is 796 g/mol. The Hall–Kier alpha value is -7.86. The van der Waals surface area contributed by atoms with Crippen molar-refractivity contribution in [2.24, 2.45) is 0 Å². The van der Waals surface area contributed by atoms with Crippen LogP contribution in [-0.4, -0.2) is 19.9 Å². The molecule has 5 heteroatoms. The lowest BCUT2D eigenvalue weighted by Crippen LogP contribution is -2.02. The highest BCUT2D eigenvalue weighted by atomic mass is 32.1. The summed E-state index contributed by atoms with van der Waals surface area (Å²) in [5.41, 5.74) is 13.1. The summed E-state index contributed by atoms with van der Waals surface area (Å²) in [7, 11) is 0. The van der Waals surface area contributed by atoms with Crippen LogP contribution in [0.2, 0.25) is 0 Å². The van der Waals surface area contributed by atoms with E-state index in [0.717, 1.165) is 77.3 Å². The highest BCUT2D eigenvalue weighted by Crippen LogP contribution is 2.49. The van der Waals surface area contributed by atoms with Crippen molar-refractivity contribution in [1.29, 1.82) is 0 Å². The smallest absolute Gasteiger partial charge is 0.165 e. The van der Waals surface area contributed by atoms with Crippen molar-refractivity contribution >= 4 is 31.5 Å². The maximum absolute atomic E-state index is 5.63. The molecule has 0 aliphatic carbocycles. The normalized spacial score (nSPS) is 11.3. The minimum atomic E-state index is 0.604. The minimum Gasteiger partial charge on any atom is -0.246 e. The molecule has 286 valence electrons. The van der Waals surface area contributed by atoms with Gasteiger partial charge < -0.3 is 0 Å². The molecule has 0 aliphatic rings. The van der Waals surface area contributed by atoms with Gasteiger partial charge in [-0.15, -0.1) is 11.3 Å². The summed E-state index contributed by atoms with van der Waals surface area (Å²) in [4.78, 5) is 21.3. The SMILES string of the molecule is c1ccc(-c2nc(-c3cccc(-c4c(-c5ccccc5)c(-c5ccccc5)nc(-c5ccccc5)c4-c4ccccc4)c3)nc(-c3cccc4c3sc3ccccc34)n2)cc1. The van der Waals surface area contributed by atoms with Gasteiger partial charge in [-0.1, -0.05) is 200 Å². The fraction of sp³-hybridized carbons (Fsp3) is 0. The van der Waals surface area contributed by atoms with E-state index in [1.165, 1.54) is 15.5 Å². The summed E-state index contributed by atoms with van der Waals surface area (Å²) >= 11 is 1.78. The average molecular weight is 797 g/mol. The van der Waals surface area contributed by atoms with E-state index in [-0.39, 0.29) is 0 Å². The zero-order chi connectivity index (χ0) is 40.5. The molecule has 0 saturated carbocycles. The third-order valence-electron chi connectivity index (χ3n) is 11.1. The number of hydrogen-bond donors (Lipinski definition) is 0. The minimum absolute atomic E-state index is 0.604. The van der Waals surface area contributed by atoms with Gasteiger partial charge in [-0.3, -0.25) is 0 Å². The molecule has 0 saturated heterocycles. The molecule has 0 spiro atoms. The first-order valence-electron chi connectivity index (χ1n) is 20.4. The Bertz CT molecular complexity index is 3230. The second-order valence-electron chi connectivity index (χ2n) is 14.9. The number of benzene rings is 8. The van der Waals surface area contributed by atoms with E-state index in [4.69, 9.17) is 19.9 Å². The second kappa shape index (κ2) is 15.7. The molecule has 11 aromatic rings. The summed E-state index contributed by atoms with van der Waals surface area (Å²) in [5.74, 6) is 1.87. The van der Waals surface area contributed by atoms with Gasteiger partial charge >= 0.3 is 0 Å². The number of aromatic nitrogens is 4. The first kappa shape index (κ1) is 36.2. The van der Waals surface area contributed by atoms with Gasteiger partial charge in [-0.25, -0.2) is 19.9 Å². The fourth-order valence-electron chi connectivity index (χ4n) is 8.33. The van der Waals surface area contributed by atoms with Crippen LogP contribution in [0, 0.1) is 0 Å². The van der Waals surface area contributed by atoms with Crippen molar-refractivity contribution in [1.82, 2.24) is 19.9 Å². The van der Waals surface area contributed by atoms with Crippen LogP contribution in [0.5, 0.6) is 0 Å². The van der Waals surface area contributed by atoms with Crippen molar-refractivity contribution in [3.63, 3.8) is 0 Å². The molecule has 8 aromatic carbocycles. The Morgan fingerprint density at radius 3 is 1.30 bits per heavy atom. The maximum atomic E-state index is 5.63.